The van der Waals surface area contributed by atoms with Crippen LogP contribution in [-0.4, -0.2) is 29.4 Å². The van der Waals surface area contributed by atoms with Gasteiger partial charge in [0.2, 0.25) is 0 Å². The number of rotatable bonds is 4. The van der Waals surface area contributed by atoms with Gasteiger partial charge in [-0.15, -0.1) is 0 Å². The van der Waals surface area contributed by atoms with E-state index >= 15 is 0 Å². The molecule has 1 saturated heterocycles. The molecule has 1 unspecified atom stereocenters. The van der Waals surface area contributed by atoms with Crippen molar-refractivity contribution in [3.8, 4) is 5.75 Å². The van der Waals surface area contributed by atoms with E-state index in [1.807, 2.05) is 0 Å². The molecule has 1 heterocycles. The molecule has 5 heteroatoms. The first-order valence-electron chi connectivity index (χ1n) is 7.51. The number of ether oxygens (including phenoxy) is 2. The fourth-order valence-electron chi connectivity index (χ4n) is 3.42. The minimum atomic E-state index is -1.01. The van der Waals surface area contributed by atoms with Crippen LogP contribution in [0.2, 0.25) is 0 Å². The Kier molecular flexibility index (Phi) is 3.76. The van der Waals surface area contributed by atoms with Gasteiger partial charge >= 0.3 is 5.97 Å². The van der Waals surface area contributed by atoms with Crippen LogP contribution < -0.4 is 10.5 Å². The maximum Gasteiger partial charge on any atom is 0.339 e. The van der Waals surface area contributed by atoms with Gasteiger partial charge in [-0.1, -0.05) is 12.8 Å². The van der Waals surface area contributed by atoms with Crippen molar-refractivity contribution in [1.29, 1.82) is 0 Å². The molecule has 0 aromatic heterocycles. The van der Waals surface area contributed by atoms with E-state index in [1.54, 1.807) is 12.1 Å². The number of aromatic carboxylic acids is 1. The lowest BCUT2D eigenvalue weighted by Gasteiger charge is -2.24. The number of carboxylic acid groups (broad SMARTS) is 1. The summed E-state index contributed by atoms with van der Waals surface area (Å²) in [4.78, 5) is 11.2. The number of benzene rings is 1. The van der Waals surface area contributed by atoms with Crippen LogP contribution in [0.25, 0.3) is 0 Å². The first kappa shape index (κ1) is 14.2. The van der Waals surface area contributed by atoms with Gasteiger partial charge in [-0.2, -0.15) is 0 Å². The summed E-state index contributed by atoms with van der Waals surface area (Å²) in [5.74, 6) is -0.692. The standard InChI is InChI=1S/C16H21NO4/c17-11-3-4-13(15(18)19)14(9-11)20-10-12-5-8-16(21-12)6-1-2-7-16/h3-4,9,12H,1-2,5-8,10,17H2,(H,18,19). The first-order valence-corrected chi connectivity index (χ1v) is 7.51. The van der Waals surface area contributed by atoms with Crippen LogP contribution in [-0.2, 0) is 4.74 Å². The van der Waals surface area contributed by atoms with Gasteiger partial charge in [0.05, 0.1) is 11.7 Å². The van der Waals surface area contributed by atoms with Crippen molar-refractivity contribution >= 4 is 11.7 Å². The van der Waals surface area contributed by atoms with Crippen LogP contribution in [0.4, 0.5) is 5.69 Å². The zero-order valence-electron chi connectivity index (χ0n) is 12.0. The van der Waals surface area contributed by atoms with E-state index in [-0.39, 0.29) is 17.3 Å². The molecule has 1 aliphatic carbocycles. The molecule has 0 radical (unpaired) electrons. The van der Waals surface area contributed by atoms with E-state index in [2.05, 4.69) is 0 Å². The largest absolute Gasteiger partial charge is 0.490 e. The highest BCUT2D eigenvalue weighted by Gasteiger charge is 2.42. The van der Waals surface area contributed by atoms with Gasteiger partial charge in [0.1, 0.15) is 17.9 Å². The second-order valence-electron chi connectivity index (χ2n) is 6.04. The molecule has 1 aromatic rings. The second-order valence-corrected chi connectivity index (χ2v) is 6.04. The van der Waals surface area contributed by atoms with E-state index in [1.165, 1.54) is 18.9 Å². The van der Waals surface area contributed by atoms with Gasteiger partial charge in [-0.3, -0.25) is 0 Å². The summed E-state index contributed by atoms with van der Waals surface area (Å²) in [6.45, 7) is 0.380. The minimum absolute atomic E-state index is 0.0474. The second kappa shape index (κ2) is 5.56. The number of nitrogens with two attached hydrogens (primary N) is 1. The monoisotopic (exact) mass is 291 g/mol. The third kappa shape index (κ3) is 2.97. The topological polar surface area (TPSA) is 81.8 Å². The zero-order chi connectivity index (χ0) is 14.9. The molecule has 21 heavy (non-hydrogen) atoms. The van der Waals surface area contributed by atoms with Crippen molar-refractivity contribution in [3.63, 3.8) is 0 Å². The van der Waals surface area contributed by atoms with E-state index in [0.717, 1.165) is 25.7 Å². The summed E-state index contributed by atoms with van der Waals surface area (Å²) >= 11 is 0. The van der Waals surface area contributed by atoms with Gasteiger partial charge in [-0.05, 0) is 37.8 Å². The molecule has 5 nitrogen and oxygen atoms in total. The molecule has 1 aliphatic heterocycles. The lowest BCUT2D eigenvalue weighted by Crippen LogP contribution is -2.27. The van der Waals surface area contributed by atoms with Gasteiger partial charge in [0, 0.05) is 11.8 Å². The van der Waals surface area contributed by atoms with Crippen LogP contribution in [0.5, 0.6) is 5.75 Å². The molecule has 0 amide bonds. The lowest BCUT2D eigenvalue weighted by molar-refractivity contribution is -0.0509. The predicted molar refractivity (Wildman–Crippen MR) is 78.6 cm³/mol. The summed E-state index contributed by atoms with van der Waals surface area (Å²) in [5, 5.41) is 9.16. The summed E-state index contributed by atoms with van der Waals surface area (Å²) in [6, 6.07) is 4.60. The van der Waals surface area contributed by atoms with E-state index < -0.39 is 5.97 Å². The molecule has 1 aromatic carbocycles. The number of hydrogen-bond donors (Lipinski definition) is 2. The van der Waals surface area contributed by atoms with Crippen LogP contribution in [0.3, 0.4) is 0 Å². The Hall–Kier alpha value is -1.75. The normalized spacial score (nSPS) is 23.5. The van der Waals surface area contributed by atoms with E-state index in [4.69, 9.17) is 20.3 Å². The van der Waals surface area contributed by atoms with Crippen molar-refractivity contribution in [2.24, 2.45) is 0 Å². The Morgan fingerprint density at radius 1 is 1.38 bits per heavy atom. The Balaban J connectivity index is 1.63. The molecule has 0 bridgehead atoms. The van der Waals surface area contributed by atoms with Crippen molar-refractivity contribution in [2.45, 2.75) is 50.2 Å². The smallest absolute Gasteiger partial charge is 0.339 e. The number of carboxylic acids is 1. The number of carbonyl (C=O) groups is 1. The maximum absolute atomic E-state index is 11.2. The fraction of sp³-hybridized carbons (Fsp3) is 0.562. The summed E-state index contributed by atoms with van der Waals surface area (Å²) < 4.78 is 11.8. The van der Waals surface area contributed by atoms with Crippen LogP contribution in [0.1, 0.15) is 48.9 Å². The molecular weight excluding hydrogens is 270 g/mol. The Morgan fingerprint density at radius 3 is 2.86 bits per heavy atom. The van der Waals surface area contributed by atoms with Gasteiger partial charge in [0.25, 0.3) is 0 Å². The van der Waals surface area contributed by atoms with Crippen molar-refractivity contribution < 1.29 is 19.4 Å². The Morgan fingerprint density at radius 2 is 2.14 bits per heavy atom. The molecule has 2 fully saturated rings. The van der Waals surface area contributed by atoms with Crippen molar-refractivity contribution in [1.82, 2.24) is 0 Å². The van der Waals surface area contributed by atoms with Crippen molar-refractivity contribution in [3.05, 3.63) is 23.8 Å². The van der Waals surface area contributed by atoms with E-state index in [0.29, 0.717) is 18.0 Å². The average molecular weight is 291 g/mol. The number of nitrogen functional groups attached to an aromatic ring is 1. The molecule has 1 atom stereocenters. The molecular formula is C16H21NO4. The highest BCUT2D eigenvalue weighted by Crippen LogP contribution is 2.43. The fourth-order valence-corrected chi connectivity index (χ4v) is 3.42. The zero-order valence-corrected chi connectivity index (χ0v) is 12.0. The third-order valence-electron chi connectivity index (χ3n) is 4.51. The Labute approximate surface area is 124 Å². The van der Waals surface area contributed by atoms with Gasteiger partial charge < -0.3 is 20.3 Å². The molecule has 2 aliphatic rings. The Bertz CT molecular complexity index is 537. The summed E-state index contributed by atoms with van der Waals surface area (Å²) in [5.41, 5.74) is 6.40. The van der Waals surface area contributed by atoms with Crippen LogP contribution >= 0.6 is 0 Å². The SMILES string of the molecule is Nc1ccc(C(=O)O)c(OCC2CCC3(CCCC3)O2)c1. The predicted octanol–water partition coefficient (Wildman–Crippen LogP) is 2.84. The highest BCUT2D eigenvalue weighted by molar-refractivity contribution is 5.91. The maximum atomic E-state index is 11.2. The van der Waals surface area contributed by atoms with Crippen molar-refractivity contribution in [2.75, 3.05) is 12.3 Å². The summed E-state index contributed by atoms with van der Waals surface area (Å²) in [6.07, 6.45) is 6.88. The number of anilines is 1. The molecule has 3 N–H and O–H groups in total. The first-order chi connectivity index (χ1) is 10.1. The average Bonchev–Trinajstić information content (AvgIpc) is 3.07. The molecule has 1 spiro atoms. The van der Waals surface area contributed by atoms with Gasteiger partial charge in [0.15, 0.2) is 0 Å². The quantitative estimate of drug-likeness (QED) is 0.834. The van der Waals surface area contributed by atoms with Crippen LogP contribution in [0, 0.1) is 0 Å². The highest BCUT2D eigenvalue weighted by atomic mass is 16.6. The molecule has 114 valence electrons. The number of hydrogen-bond acceptors (Lipinski definition) is 4. The molecule has 3 rings (SSSR count). The lowest BCUT2D eigenvalue weighted by atomic mass is 9.98. The van der Waals surface area contributed by atoms with Crippen LogP contribution in [0.15, 0.2) is 18.2 Å². The minimum Gasteiger partial charge on any atom is -0.490 e. The van der Waals surface area contributed by atoms with Gasteiger partial charge in [-0.25, -0.2) is 4.79 Å². The van der Waals surface area contributed by atoms with E-state index in [9.17, 15) is 4.79 Å². The molecule has 1 saturated carbocycles. The summed E-state index contributed by atoms with van der Waals surface area (Å²) in [7, 11) is 0. The third-order valence-corrected chi connectivity index (χ3v) is 4.51.